The number of carbonyl (C=O) groups excluding carboxylic acids is 2. The van der Waals surface area contributed by atoms with Crippen molar-refractivity contribution in [1.82, 2.24) is 10.3 Å². The first-order chi connectivity index (χ1) is 8.38. The predicted molar refractivity (Wildman–Crippen MR) is 57.0 cm³/mol. The standard InChI is InChI=1S/C8H15N3O7/c1-11(10-18)8(17)9-4(2-12)6(15)7(16)5(14)3-13/h2,4-7,13-16H,3H2,1H3,(H,9,17)/t4-,5-,6-,7-/m0/s1. The molecule has 0 spiro atoms. The van der Waals surface area contributed by atoms with E-state index in [-0.39, 0.29) is 6.29 Å². The Labute approximate surface area is 102 Å². The molecule has 104 valence electrons. The molecular weight excluding hydrogens is 250 g/mol. The topological polar surface area (TPSA) is 160 Å². The lowest BCUT2D eigenvalue weighted by Crippen LogP contribution is -2.54. The fourth-order valence-corrected chi connectivity index (χ4v) is 1.02. The van der Waals surface area contributed by atoms with Crippen molar-refractivity contribution in [3.63, 3.8) is 0 Å². The molecule has 0 bridgehead atoms. The highest BCUT2D eigenvalue weighted by molar-refractivity contribution is 5.77. The molecule has 0 aliphatic carbocycles. The molecule has 4 atom stereocenters. The number of nitrogens with one attached hydrogen (secondary N) is 1. The van der Waals surface area contributed by atoms with E-state index in [0.29, 0.717) is 5.01 Å². The molecule has 0 heterocycles. The van der Waals surface area contributed by atoms with E-state index in [1.807, 2.05) is 5.32 Å². The summed E-state index contributed by atoms with van der Waals surface area (Å²) in [5, 5.41) is 40.9. The number of hydrogen-bond donors (Lipinski definition) is 5. The maximum Gasteiger partial charge on any atom is 0.340 e. The molecule has 0 fully saturated rings. The van der Waals surface area contributed by atoms with E-state index >= 15 is 0 Å². The van der Waals surface area contributed by atoms with E-state index < -0.39 is 37.0 Å². The minimum atomic E-state index is -1.85. The maximum atomic E-state index is 11.2. The van der Waals surface area contributed by atoms with E-state index in [9.17, 15) is 24.7 Å². The minimum Gasteiger partial charge on any atom is -0.394 e. The largest absolute Gasteiger partial charge is 0.394 e. The van der Waals surface area contributed by atoms with Crippen molar-refractivity contribution in [1.29, 1.82) is 0 Å². The third kappa shape index (κ3) is 4.33. The van der Waals surface area contributed by atoms with Crippen LogP contribution in [0.4, 0.5) is 4.79 Å². The van der Waals surface area contributed by atoms with Crippen molar-refractivity contribution in [2.75, 3.05) is 13.7 Å². The number of nitroso groups, excluding NO2 is 1. The van der Waals surface area contributed by atoms with E-state index in [1.165, 1.54) is 0 Å². The second-order valence-corrected chi connectivity index (χ2v) is 3.45. The van der Waals surface area contributed by atoms with Crippen LogP contribution in [0.2, 0.25) is 0 Å². The Balaban J connectivity index is 4.62. The summed E-state index contributed by atoms with van der Waals surface area (Å²) in [6.07, 6.45) is -5.27. The van der Waals surface area contributed by atoms with Crippen molar-refractivity contribution in [3.05, 3.63) is 4.91 Å². The van der Waals surface area contributed by atoms with Gasteiger partial charge in [0.25, 0.3) is 0 Å². The third-order valence-electron chi connectivity index (χ3n) is 2.15. The highest BCUT2D eigenvalue weighted by Gasteiger charge is 2.32. The second kappa shape index (κ2) is 7.66. The number of aliphatic hydroxyl groups is 4. The average Bonchev–Trinajstić information content (AvgIpc) is 2.40. The van der Waals surface area contributed by atoms with Gasteiger partial charge < -0.3 is 30.5 Å². The number of amides is 2. The number of urea groups is 1. The summed E-state index contributed by atoms with van der Waals surface area (Å²) in [7, 11) is 1.01. The smallest absolute Gasteiger partial charge is 0.340 e. The van der Waals surface area contributed by atoms with Gasteiger partial charge in [0.05, 0.1) is 11.9 Å². The molecule has 0 aromatic heterocycles. The normalized spacial score (nSPS) is 17.2. The zero-order chi connectivity index (χ0) is 14.3. The molecule has 10 heteroatoms. The van der Waals surface area contributed by atoms with Gasteiger partial charge in [-0.25, -0.2) is 4.79 Å². The van der Waals surface area contributed by atoms with Gasteiger partial charge in [-0.1, -0.05) is 0 Å². The molecule has 0 saturated heterocycles. The third-order valence-corrected chi connectivity index (χ3v) is 2.15. The number of nitrogens with zero attached hydrogens (tertiary/aromatic N) is 2. The Morgan fingerprint density at radius 3 is 2.33 bits per heavy atom. The number of rotatable bonds is 7. The molecule has 5 N–H and O–H groups in total. The van der Waals surface area contributed by atoms with E-state index in [1.54, 1.807) is 0 Å². The van der Waals surface area contributed by atoms with Gasteiger partial charge in [-0.2, -0.15) is 5.01 Å². The Morgan fingerprint density at radius 2 is 1.94 bits per heavy atom. The maximum absolute atomic E-state index is 11.2. The fraction of sp³-hybridized carbons (Fsp3) is 0.750. The van der Waals surface area contributed by atoms with Crippen LogP contribution in [-0.2, 0) is 4.79 Å². The van der Waals surface area contributed by atoms with Gasteiger partial charge in [-0.15, -0.1) is 4.91 Å². The Morgan fingerprint density at radius 1 is 1.39 bits per heavy atom. The van der Waals surface area contributed by atoms with E-state index in [4.69, 9.17) is 10.2 Å². The summed E-state index contributed by atoms with van der Waals surface area (Å²) >= 11 is 0. The van der Waals surface area contributed by atoms with Crippen LogP contribution in [0, 0.1) is 4.91 Å². The molecule has 0 aliphatic heterocycles. The van der Waals surface area contributed by atoms with E-state index in [2.05, 4.69) is 5.29 Å². The van der Waals surface area contributed by atoms with Crippen LogP contribution in [0.5, 0.6) is 0 Å². The summed E-state index contributed by atoms with van der Waals surface area (Å²) in [6.45, 7) is -0.840. The van der Waals surface area contributed by atoms with Crippen molar-refractivity contribution in [2.24, 2.45) is 5.29 Å². The Kier molecular flexibility index (Phi) is 6.97. The highest BCUT2D eigenvalue weighted by Crippen LogP contribution is 2.04. The van der Waals surface area contributed by atoms with Crippen LogP contribution in [0.3, 0.4) is 0 Å². The van der Waals surface area contributed by atoms with Gasteiger partial charge in [0.2, 0.25) is 0 Å². The fourth-order valence-electron chi connectivity index (χ4n) is 1.02. The molecule has 0 saturated carbocycles. The van der Waals surface area contributed by atoms with Crippen molar-refractivity contribution >= 4 is 12.3 Å². The predicted octanol–water partition coefficient (Wildman–Crippen LogP) is -3.05. The summed E-state index contributed by atoms with van der Waals surface area (Å²) in [4.78, 5) is 31.8. The van der Waals surface area contributed by atoms with Gasteiger partial charge in [0, 0.05) is 7.05 Å². The number of hydrogen-bond acceptors (Lipinski definition) is 8. The second-order valence-electron chi connectivity index (χ2n) is 3.45. The summed E-state index contributed by atoms with van der Waals surface area (Å²) in [6, 6.07) is -2.65. The van der Waals surface area contributed by atoms with Gasteiger partial charge in [-0.3, -0.25) is 0 Å². The van der Waals surface area contributed by atoms with Crippen molar-refractivity contribution < 1.29 is 30.0 Å². The zero-order valence-corrected chi connectivity index (χ0v) is 9.50. The molecule has 2 amide bonds. The quantitative estimate of drug-likeness (QED) is 0.186. The molecule has 0 aromatic carbocycles. The molecule has 10 nitrogen and oxygen atoms in total. The SMILES string of the molecule is CN(N=O)C(=O)N[C@@H](C=O)[C@H](O)[C@@H](O)[C@@H](O)CO. The van der Waals surface area contributed by atoms with Crippen molar-refractivity contribution in [2.45, 2.75) is 24.4 Å². The van der Waals surface area contributed by atoms with Gasteiger partial charge in [0.1, 0.15) is 30.6 Å². The summed E-state index contributed by atoms with van der Waals surface area (Å²) in [5.74, 6) is 0. The van der Waals surface area contributed by atoms with Gasteiger partial charge in [0.15, 0.2) is 0 Å². The first kappa shape index (κ1) is 16.4. The highest BCUT2D eigenvalue weighted by atomic mass is 16.4. The monoisotopic (exact) mass is 265 g/mol. The average molecular weight is 265 g/mol. The summed E-state index contributed by atoms with van der Waals surface area (Å²) in [5.41, 5.74) is 0. The number of aliphatic hydroxyl groups excluding tert-OH is 4. The van der Waals surface area contributed by atoms with Crippen LogP contribution in [0.25, 0.3) is 0 Å². The van der Waals surface area contributed by atoms with Crippen LogP contribution in [0.15, 0.2) is 5.29 Å². The summed E-state index contributed by atoms with van der Waals surface area (Å²) < 4.78 is 0. The first-order valence-electron chi connectivity index (χ1n) is 4.86. The Bertz CT molecular complexity index is 300. The van der Waals surface area contributed by atoms with Gasteiger partial charge in [-0.05, 0) is 0 Å². The molecule has 0 aliphatic rings. The van der Waals surface area contributed by atoms with Crippen LogP contribution >= 0.6 is 0 Å². The Hall–Kier alpha value is -1.62. The molecule has 18 heavy (non-hydrogen) atoms. The van der Waals surface area contributed by atoms with Crippen LogP contribution in [-0.4, -0.2) is 75.8 Å². The first-order valence-corrected chi connectivity index (χ1v) is 4.86. The lowest BCUT2D eigenvalue weighted by molar-refractivity contribution is -0.119. The molecule has 0 unspecified atom stereocenters. The molecule has 0 rings (SSSR count). The van der Waals surface area contributed by atoms with Crippen molar-refractivity contribution in [3.8, 4) is 0 Å². The number of aldehydes is 1. The van der Waals surface area contributed by atoms with E-state index in [0.717, 1.165) is 7.05 Å². The molecule has 0 aromatic rings. The molecular formula is C8H15N3O7. The number of carbonyl (C=O) groups is 2. The lowest BCUT2D eigenvalue weighted by atomic mass is 10.0. The van der Waals surface area contributed by atoms with Crippen LogP contribution in [0.1, 0.15) is 0 Å². The minimum absolute atomic E-state index is 0.106. The molecule has 0 radical (unpaired) electrons. The van der Waals surface area contributed by atoms with Crippen LogP contribution < -0.4 is 5.32 Å². The zero-order valence-electron chi connectivity index (χ0n) is 9.50. The van der Waals surface area contributed by atoms with Gasteiger partial charge >= 0.3 is 6.03 Å². The lowest BCUT2D eigenvalue weighted by Gasteiger charge is -2.26.